The molecule has 0 radical (unpaired) electrons. The Morgan fingerprint density at radius 1 is 1.45 bits per heavy atom. The van der Waals surface area contributed by atoms with Crippen molar-refractivity contribution in [2.45, 2.75) is 0 Å². The smallest absolute Gasteiger partial charge is 0.148 e. The third-order valence-corrected chi connectivity index (χ3v) is 1.63. The van der Waals surface area contributed by atoms with Crippen LogP contribution in [0.4, 0.5) is 5.82 Å². The molecule has 3 nitrogen and oxygen atoms in total. The first-order valence-electron chi connectivity index (χ1n) is 3.52. The molecule has 0 spiro atoms. The Morgan fingerprint density at radius 2 is 2.36 bits per heavy atom. The van der Waals surface area contributed by atoms with Gasteiger partial charge in [0.2, 0.25) is 0 Å². The predicted octanol–water partition coefficient (Wildman–Crippen LogP) is 1.38. The summed E-state index contributed by atoms with van der Waals surface area (Å²) in [6.45, 7) is 0. The van der Waals surface area contributed by atoms with Crippen molar-refractivity contribution in [2.24, 2.45) is 0 Å². The second-order valence-corrected chi connectivity index (χ2v) is 2.35. The topological polar surface area (TPSA) is 29.3 Å². The first-order chi connectivity index (χ1) is 5.40. The third-order valence-electron chi connectivity index (χ3n) is 1.63. The van der Waals surface area contributed by atoms with E-state index in [1.165, 1.54) is 0 Å². The van der Waals surface area contributed by atoms with Crippen LogP contribution in [0.25, 0.3) is 5.52 Å². The average molecular weight is 147 g/mol. The van der Waals surface area contributed by atoms with Crippen molar-refractivity contribution in [3.8, 4) is 0 Å². The second kappa shape index (κ2) is 2.27. The lowest BCUT2D eigenvalue weighted by Gasteiger charge is -1.88. The summed E-state index contributed by atoms with van der Waals surface area (Å²) in [7, 11) is 1.86. The van der Waals surface area contributed by atoms with Crippen molar-refractivity contribution in [2.75, 3.05) is 12.4 Å². The van der Waals surface area contributed by atoms with E-state index in [2.05, 4.69) is 10.4 Å². The second-order valence-electron chi connectivity index (χ2n) is 2.35. The van der Waals surface area contributed by atoms with Crippen LogP contribution in [0.2, 0.25) is 0 Å². The lowest BCUT2D eigenvalue weighted by Crippen LogP contribution is -1.89. The van der Waals surface area contributed by atoms with E-state index in [9.17, 15) is 0 Å². The standard InChI is InChI=1S/C8H9N3/c1-9-8-6-7-4-2-3-5-11(7)10-8/h2-6H,1H3,(H,9,10). The van der Waals surface area contributed by atoms with Crippen molar-refractivity contribution in [1.82, 2.24) is 9.61 Å². The molecular formula is C8H9N3. The van der Waals surface area contributed by atoms with E-state index in [1.807, 2.05) is 42.0 Å². The molecule has 1 N–H and O–H groups in total. The van der Waals surface area contributed by atoms with Crippen molar-refractivity contribution >= 4 is 11.3 Å². The van der Waals surface area contributed by atoms with E-state index in [4.69, 9.17) is 0 Å². The Hall–Kier alpha value is -1.51. The number of anilines is 1. The fourth-order valence-corrected chi connectivity index (χ4v) is 1.06. The van der Waals surface area contributed by atoms with E-state index in [-0.39, 0.29) is 0 Å². The van der Waals surface area contributed by atoms with Gasteiger partial charge in [-0.2, -0.15) is 5.10 Å². The van der Waals surface area contributed by atoms with Gasteiger partial charge in [-0.25, -0.2) is 4.52 Å². The van der Waals surface area contributed by atoms with Gasteiger partial charge in [0.15, 0.2) is 0 Å². The Kier molecular flexibility index (Phi) is 1.28. The molecule has 0 saturated heterocycles. The molecule has 0 aliphatic carbocycles. The van der Waals surface area contributed by atoms with Gasteiger partial charge in [-0.05, 0) is 12.1 Å². The molecule has 0 bridgehead atoms. The number of aromatic nitrogens is 2. The number of rotatable bonds is 1. The van der Waals surface area contributed by atoms with E-state index < -0.39 is 0 Å². The first-order valence-corrected chi connectivity index (χ1v) is 3.52. The molecule has 0 amide bonds. The van der Waals surface area contributed by atoms with Gasteiger partial charge in [-0.3, -0.25) is 0 Å². The number of hydrogen-bond acceptors (Lipinski definition) is 2. The molecule has 56 valence electrons. The van der Waals surface area contributed by atoms with E-state index in [1.54, 1.807) is 0 Å². The quantitative estimate of drug-likeness (QED) is 0.660. The molecule has 2 aromatic heterocycles. The summed E-state index contributed by atoms with van der Waals surface area (Å²) >= 11 is 0. The monoisotopic (exact) mass is 147 g/mol. The highest BCUT2D eigenvalue weighted by atomic mass is 15.3. The fraction of sp³-hybridized carbons (Fsp3) is 0.125. The number of fused-ring (bicyclic) bond motifs is 1. The Labute approximate surface area is 64.7 Å². The minimum absolute atomic E-state index is 0.899. The Balaban J connectivity index is 2.69. The van der Waals surface area contributed by atoms with Crippen LogP contribution in [0, 0.1) is 0 Å². The summed E-state index contributed by atoms with van der Waals surface area (Å²) in [5, 5.41) is 7.22. The normalized spacial score (nSPS) is 10.3. The highest BCUT2D eigenvalue weighted by Crippen LogP contribution is 2.08. The summed E-state index contributed by atoms with van der Waals surface area (Å²) in [5.41, 5.74) is 1.11. The van der Waals surface area contributed by atoms with E-state index in [0.717, 1.165) is 11.3 Å². The lowest BCUT2D eigenvalue weighted by molar-refractivity contribution is 0.963. The third kappa shape index (κ3) is 0.941. The van der Waals surface area contributed by atoms with E-state index >= 15 is 0 Å². The molecule has 0 aromatic carbocycles. The van der Waals surface area contributed by atoms with Gasteiger partial charge in [0.1, 0.15) is 5.82 Å². The number of hydrogen-bond donors (Lipinski definition) is 1. The van der Waals surface area contributed by atoms with Crippen LogP contribution in [-0.4, -0.2) is 16.7 Å². The van der Waals surface area contributed by atoms with Gasteiger partial charge in [-0.15, -0.1) is 0 Å². The maximum Gasteiger partial charge on any atom is 0.148 e. The minimum Gasteiger partial charge on any atom is -0.372 e. The summed E-state index contributed by atoms with van der Waals surface area (Å²) in [6.07, 6.45) is 1.93. The SMILES string of the molecule is CNc1cc2ccccn2n1. The van der Waals surface area contributed by atoms with Crippen LogP contribution in [0.1, 0.15) is 0 Å². The van der Waals surface area contributed by atoms with Gasteiger partial charge < -0.3 is 5.32 Å². The first kappa shape index (κ1) is 6.22. The van der Waals surface area contributed by atoms with Crippen molar-refractivity contribution in [1.29, 1.82) is 0 Å². The maximum atomic E-state index is 4.24. The Morgan fingerprint density at radius 3 is 3.09 bits per heavy atom. The van der Waals surface area contributed by atoms with Gasteiger partial charge in [-0.1, -0.05) is 6.07 Å². The van der Waals surface area contributed by atoms with Crippen LogP contribution >= 0.6 is 0 Å². The molecule has 0 atom stereocenters. The predicted molar refractivity (Wildman–Crippen MR) is 44.7 cm³/mol. The minimum atomic E-state index is 0.899. The molecule has 11 heavy (non-hydrogen) atoms. The molecule has 0 saturated carbocycles. The zero-order valence-corrected chi connectivity index (χ0v) is 6.28. The van der Waals surface area contributed by atoms with Gasteiger partial charge in [0, 0.05) is 19.3 Å². The van der Waals surface area contributed by atoms with Crippen LogP contribution in [-0.2, 0) is 0 Å². The summed E-state index contributed by atoms with van der Waals surface area (Å²) in [5.74, 6) is 0.899. The lowest BCUT2D eigenvalue weighted by atomic mass is 10.4. The van der Waals surface area contributed by atoms with Crippen molar-refractivity contribution in [3.05, 3.63) is 30.5 Å². The number of nitrogens with one attached hydrogen (secondary N) is 1. The zero-order valence-electron chi connectivity index (χ0n) is 6.28. The molecule has 2 rings (SSSR count). The van der Waals surface area contributed by atoms with Gasteiger partial charge in [0.05, 0.1) is 5.52 Å². The van der Waals surface area contributed by atoms with Crippen molar-refractivity contribution < 1.29 is 0 Å². The average Bonchev–Trinajstić information content (AvgIpc) is 2.46. The highest BCUT2D eigenvalue weighted by Gasteiger charge is 1.95. The number of nitrogens with zero attached hydrogens (tertiary/aromatic N) is 2. The van der Waals surface area contributed by atoms with Gasteiger partial charge in [0.25, 0.3) is 0 Å². The van der Waals surface area contributed by atoms with Crippen molar-refractivity contribution in [3.63, 3.8) is 0 Å². The number of pyridine rings is 1. The molecule has 0 aliphatic rings. The molecule has 0 unspecified atom stereocenters. The summed E-state index contributed by atoms with van der Waals surface area (Å²) < 4.78 is 1.84. The zero-order chi connectivity index (χ0) is 7.68. The Bertz CT molecular complexity index is 331. The maximum absolute atomic E-state index is 4.24. The van der Waals surface area contributed by atoms with E-state index in [0.29, 0.717) is 0 Å². The van der Waals surface area contributed by atoms with Crippen LogP contribution in [0.3, 0.4) is 0 Å². The van der Waals surface area contributed by atoms with Crippen LogP contribution in [0.15, 0.2) is 30.5 Å². The fourth-order valence-electron chi connectivity index (χ4n) is 1.06. The summed E-state index contributed by atoms with van der Waals surface area (Å²) in [4.78, 5) is 0. The molecule has 3 heteroatoms. The van der Waals surface area contributed by atoms with Gasteiger partial charge >= 0.3 is 0 Å². The highest BCUT2D eigenvalue weighted by molar-refractivity contribution is 5.54. The van der Waals surface area contributed by atoms with Crippen LogP contribution in [0.5, 0.6) is 0 Å². The molecule has 0 fully saturated rings. The molecular weight excluding hydrogens is 138 g/mol. The largest absolute Gasteiger partial charge is 0.372 e. The molecule has 2 aromatic rings. The summed E-state index contributed by atoms with van der Waals surface area (Å²) in [6, 6.07) is 7.98. The molecule has 0 aliphatic heterocycles. The molecule has 2 heterocycles. The van der Waals surface area contributed by atoms with Crippen LogP contribution < -0.4 is 5.32 Å².